The minimum Gasteiger partial charge on any atom is -0.229 e. The second-order valence-electron chi connectivity index (χ2n) is 5.70. The molecule has 0 saturated carbocycles. The fourth-order valence-electron chi connectivity index (χ4n) is 3.30. The Hall–Kier alpha value is 0.480. The van der Waals surface area contributed by atoms with Crippen LogP contribution in [0.4, 0.5) is 0 Å². The van der Waals surface area contributed by atoms with Crippen LogP contribution in [0.5, 0.6) is 0 Å². The molecule has 2 rings (SSSR count). The van der Waals surface area contributed by atoms with Gasteiger partial charge in [0.1, 0.15) is 0 Å². The molecule has 8 heteroatoms. The fourth-order valence-corrected chi connectivity index (χ4v) is 8.30. The Morgan fingerprint density at radius 3 is 1.42 bits per heavy atom. The molecule has 0 N–H and O–H groups in total. The van der Waals surface area contributed by atoms with E-state index in [0.29, 0.717) is 12.8 Å². The van der Waals surface area contributed by atoms with Gasteiger partial charge in [-0.1, -0.05) is 0 Å². The van der Waals surface area contributed by atoms with Crippen molar-refractivity contribution in [3.63, 3.8) is 0 Å². The molecular formula is C11H18Cl2O4S2. The Bertz CT molecular complexity index is 491. The molecule has 0 radical (unpaired) electrons. The molecule has 2 saturated heterocycles. The second-order valence-corrected chi connectivity index (χ2v) is 10.7. The van der Waals surface area contributed by atoms with Crippen LogP contribution in [0.3, 0.4) is 0 Å². The summed E-state index contributed by atoms with van der Waals surface area (Å²) in [7, 11) is -6.05. The van der Waals surface area contributed by atoms with Crippen LogP contribution in [0.15, 0.2) is 0 Å². The van der Waals surface area contributed by atoms with E-state index in [2.05, 4.69) is 0 Å². The van der Waals surface area contributed by atoms with Crippen molar-refractivity contribution in [1.29, 1.82) is 0 Å². The van der Waals surface area contributed by atoms with Gasteiger partial charge in [0.15, 0.2) is 19.7 Å². The quantitative estimate of drug-likeness (QED) is 0.718. The van der Waals surface area contributed by atoms with Crippen molar-refractivity contribution in [3.05, 3.63) is 0 Å². The zero-order chi connectivity index (χ0) is 14.3. The largest absolute Gasteiger partial charge is 0.229 e. The third-order valence-corrected chi connectivity index (χ3v) is 9.12. The average molecular weight is 349 g/mol. The molecule has 0 aliphatic carbocycles. The third-order valence-electron chi connectivity index (χ3n) is 4.59. The van der Waals surface area contributed by atoms with Crippen molar-refractivity contribution < 1.29 is 16.8 Å². The lowest BCUT2D eigenvalue weighted by molar-refractivity contribution is 0.156. The Morgan fingerprint density at radius 1 is 0.842 bits per heavy atom. The average Bonchev–Trinajstić information content (AvgIpc) is 2.85. The molecular weight excluding hydrogens is 331 g/mol. The van der Waals surface area contributed by atoms with Gasteiger partial charge in [-0.3, -0.25) is 0 Å². The van der Waals surface area contributed by atoms with E-state index in [1.54, 1.807) is 0 Å². The van der Waals surface area contributed by atoms with Crippen LogP contribution < -0.4 is 0 Å². The first-order chi connectivity index (χ1) is 8.75. The number of alkyl halides is 2. The smallest absolute Gasteiger partial charge is 0.150 e. The van der Waals surface area contributed by atoms with Crippen molar-refractivity contribution >= 4 is 42.9 Å². The van der Waals surface area contributed by atoms with E-state index in [-0.39, 0.29) is 46.6 Å². The monoisotopic (exact) mass is 348 g/mol. The van der Waals surface area contributed by atoms with Gasteiger partial charge < -0.3 is 0 Å². The Balaban J connectivity index is 2.28. The molecule has 2 aliphatic rings. The van der Waals surface area contributed by atoms with Gasteiger partial charge in [0.05, 0.1) is 23.0 Å². The molecule has 0 amide bonds. The van der Waals surface area contributed by atoms with Gasteiger partial charge in [-0.05, 0) is 24.7 Å². The van der Waals surface area contributed by atoms with Crippen molar-refractivity contribution in [2.24, 2.45) is 17.3 Å². The number of halogens is 2. The van der Waals surface area contributed by atoms with E-state index in [1.807, 2.05) is 0 Å². The zero-order valence-electron chi connectivity index (χ0n) is 10.5. The molecule has 0 spiro atoms. The van der Waals surface area contributed by atoms with Crippen LogP contribution in [-0.4, -0.2) is 51.6 Å². The van der Waals surface area contributed by atoms with Gasteiger partial charge in [0.2, 0.25) is 0 Å². The van der Waals surface area contributed by atoms with Gasteiger partial charge in [-0.2, -0.15) is 0 Å². The highest BCUT2D eigenvalue weighted by atomic mass is 35.5. The summed E-state index contributed by atoms with van der Waals surface area (Å²) < 4.78 is 46.6. The van der Waals surface area contributed by atoms with Crippen molar-refractivity contribution in [3.8, 4) is 0 Å². The van der Waals surface area contributed by atoms with Crippen LogP contribution in [0.25, 0.3) is 0 Å². The maximum atomic E-state index is 11.7. The summed E-state index contributed by atoms with van der Waals surface area (Å²) >= 11 is 12.2. The minimum atomic E-state index is -3.02. The molecule has 2 aliphatic heterocycles. The molecule has 0 bridgehead atoms. The van der Waals surface area contributed by atoms with Crippen LogP contribution in [0.2, 0.25) is 0 Å². The normalized spacial score (nSPS) is 33.6. The zero-order valence-corrected chi connectivity index (χ0v) is 13.7. The SMILES string of the molecule is O=S1(=O)CCC(C(CCl)(CCl)C2CCS(=O)(=O)C2)C1. The van der Waals surface area contributed by atoms with Gasteiger partial charge in [0, 0.05) is 17.2 Å². The van der Waals surface area contributed by atoms with Crippen LogP contribution in [0.1, 0.15) is 12.8 Å². The standard InChI is InChI=1S/C11H18Cl2O4S2/c12-7-11(8-13,9-1-3-18(14,15)5-9)10-2-4-19(16,17)6-10/h9-10H,1-8H2. The maximum Gasteiger partial charge on any atom is 0.150 e. The molecule has 112 valence electrons. The predicted molar refractivity (Wildman–Crippen MR) is 77.4 cm³/mol. The molecule has 19 heavy (non-hydrogen) atoms. The first-order valence-electron chi connectivity index (χ1n) is 6.27. The molecule has 0 aromatic carbocycles. The molecule has 4 nitrogen and oxygen atoms in total. The number of rotatable bonds is 4. The van der Waals surface area contributed by atoms with E-state index in [4.69, 9.17) is 23.2 Å². The van der Waals surface area contributed by atoms with Crippen molar-refractivity contribution in [2.45, 2.75) is 12.8 Å². The molecule has 0 aromatic heterocycles. The maximum absolute atomic E-state index is 11.7. The summed E-state index contributed by atoms with van der Waals surface area (Å²) in [4.78, 5) is 0. The highest BCUT2D eigenvalue weighted by Gasteiger charge is 2.51. The Labute approximate surface area is 124 Å². The van der Waals surface area contributed by atoms with Gasteiger partial charge in [-0.15, -0.1) is 23.2 Å². The first-order valence-corrected chi connectivity index (χ1v) is 11.0. The third kappa shape index (κ3) is 3.06. The molecule has 2 atom stereocenters. The lowest BCUT2D eigenvalue weighted by Gasteiger charge is -2.40. The van der Waals surface area contributed by atoms with Gasteiger partial charge >= 0.3 is 0 Å². The molecule has 2 heterocycles. The van der Waals surface area contributed by atoms with Crippen LogP contribution >= 0.6 is 23.2 Å². The lowest BCUT2D eigenvalue weighted by atomic mass is 9.68. The second kappa shape index (κ2) is 5.35. The Morgan fingerprint density at radius 2 is 1.21 bits per heavy atom. The molecule has 2 unspecified atom stereocenters. The first kappa shape index (κ1) is 15.9. The number of sulfone groups is 2. The van der Waals surface area contributed by atoms with Crippen LogP contribution in [-0.2, 0) is 19.7 Å². The summed E-state index contributed by atoms with van der Waals surface area (Å²) in [5.41, 5.74) is -0.573. The summed E-state index contributed by atoms with van der Waals surface area (Å²) in [5.74, 6) is 0.690. The van der Waals surface area contributed by atoms with E-state index < -0.39 is 25.1 Å². The van der Waals surface area contributed by atoms with Crippen molar-refractivity contribution in [2.75, 3.05) is 34.8 Å². The fraction of sp³-hybridized carbons (Fsp3) is 1.00. The predicted octanol–water partition coefficient (Wildman–Crippen LogP) is 1.32. The van der Waals surface area contributed by atoms with E-state index >= 15 is 0 Å². The highest BCUT2D eigenvalue weighted by Crippen LogP contribution is 2.47. The van der Waals surface area contributed by atoms with Crippen LogP contribution in [0, 0.1) is 17.3 Å². The number of hydrogen-bond donors (Lipinski definition) is 0. The summed E-state index contributed by atoms with van der Waals surface area (Å²) in [6, 6.07) is 0. The summed E-state index contributed by atoms with van der Waals surface area (Å²) in [6.07, 6.45) is 1.08. The van der Waals surface area contributed by atoms with Crippen molar-refractivity contribution in [1.82, 2.24) is 0 Å². The van der Waals surface area contributed by atoms with E-state index in [9.17, 15) is 16.8 Å². The van der Waals surface area contributed by atoms with E-state index in [1.165, 1.54) is 0 Å². The van der Waals surface area contributed by atoms with Gasteiger partial charge in [0.25, 0.3) is 0 Å². The Kier molecular flexibility index (Phi) is 4.47. The van der Waals surface area contributed by atoms with E-state index in [0.717, 1.165) is 0 Å². The topological polar surface area (TPSA) is 68.3 Å². The molecule has 0 aromatic rings. The van der Waals surface area contributed by atoms with Gasteiger partial charge in [-0.25, -0.2) is 16.8 Å². The summed E-state index contributed by atoms with van der Waals surface area (Å²) in [5, 5.41) is 0. The highest BCUT2D eigenvalue weighted by molar-refractivity contribution is 7.91. The number of hydrogen-bond acceptors (Lipinski definition) is 4. The summed E-state index contributed by atoms with van der Waals surface area (Å²) in [6.45, 7) is 0. The molecule has 2 fully saturated rings. The lowest BCUT2D eigenvalue weighted by Crippen LogP contribution is -2.43. The minimum absolute atomic E-state index is 0.0863.